The van der Waals surface area contributed by atoms with E-state index in [0.29, 0.717) is 0 Å². The Morgan fingerprint density at radius 2 is 1.59 bits per heavy atom. The van der Waals surface area contributed by atoms with Crippen LogP contribution >= 0.6 is 0 Å². The monoisotopic (exact) mass is 267 g/mol. The third-order valence-corrected chi connectivity index (χ3v) is 2.35. The van der Waals surface area contributed by atoms with Crippen molar-refractivity contribution in [1.82, 2.24) is 0 Å². The molecule has 11 heteroatoms. The summed E-state index contributed by atoms with van der Waals surface area (Å²) in [5.41, 5.74) is -3.43. The first-order chi connectivity index (χ1) is 7.77. The van der Waals surface area contributed by atoms with Gasteiger partial charge < -0.3 is 4.55 Å². The lowest BCUT2D eigenvalue weighted by Gasteiger charge is -2.06. The van der Waals surface area contributed by atoms with Crippen LogP contribution in [0, 0.1) is 31.9 Å². The van der Waals surface area contributed by atoms with Crippen LogP contribution in [0.5, 0.6) is 0 Å². The molecular formula is C6HF2N2O6S-. The first-order valence-corrected chi connectivity index (χ1v) is 4.75. The molecule has 0 saturated carbocycles. The fourth-order valence-electron chi connectivity index (χ4n) is 1.05. The van der Waals surface area contributed by atoms with Crippen molar-refractivity contribution in [3.05, 3.63) is 37.9 Å². The Morgan fingerprint density at radius 1 is 1.12 bits per heavy atom. The predicted molar refractivity (Wildman–Crippen MR) is 46.9 cm³/mol. The molecule has 0 fully saturated rings. The second-order valence-corrected chi connectivity index (χ2v) is 3.53. The van der Waals surface area contributed by atoms with E-state index in [-0.39, 0.29) is 6.07 Å². The van der Waals surface area contributed by atoms with Gasteiger partial charge in [0.2, 0.25) is 5.82 Å². The molecule has 1 atom stereocenters. The molecule has 0 aliphatic carbocycles. The summed E-state index contributed by atoms with van der Waals surface area (Å²) >= 11 is -3.31. The molecule has 0 saturated heterocycles. The van der Waals surface area contributed by atoms with Crippen LogP contribution in [0.4, 0.5) is 20.2 Å². The minimum atomic E-state index is -3.31. The maximum Gasteiger partial charge on any atom is 0.385 e. The van der Waals surface area contributed by atoms with Crippen LogP contribution in [0.25, 0.3) is 0 Å². The van der Waals surface area contributed by atoms with Gasteiger partial charge in [0.15, 0.2) is 5.82 Å². The van der Waals surface area contributed by atoms with E-state index in [4.69, 9.17) is 0 Å². The van der Waals surface area contributed by atoms with Gasteiger partial charge in [0.25, 0.3) is 0 Å². The van der Waals surface area contributed by atoms with Crippen molar-refractivity contribution in [3.8, 4) is 0 Å². The summed E-state index contributed by atoms with van der Waals surface area (Å²) in [5, 5.41) is 20.8. The van der Waals surface area contributed by atoms with Crippen LogP contribution in [0.3, 0.4) is 0 Å². The van der Waals surface area contributed by atoms with E-state index < -0.39 is 48.8 Å². The van der Waals surface area contributed by atoms with Gasteiger partial charge in [-0.15, -0.1) is 0 Å². The third kappa shape index (κ3) is 2.24. The molecule has 0 aliphatic heterocycles. The van der Waals surface area contributed by atoms with E-state index in [0.717, 1.165) is 0 Å². The summed E-state index contributed by atoms with van der Waals surface area (Å²) in [6.45, 7) is 0. The molecule has 1 aromatic carbocycles. The zero-order valence-electron chi connectivity index (χ0n) is 7.59. The van der Waals surface area contributed by atoms with Crippen LogP contribution in [0.2, 0.25) is 0 Å². The largest absolute Gasteiger partial charge is 0.768 e. The molecule has 17 heavy (non-hydrogen) atoms. The molecule has 0 heterocycles. The Balaban J connectivity index is 3.83. The molecule has 1 unspecified atom stereocenters. The van der Waals surface area contributed by atoms with Gasteiger partial charge in [-0.2, -0.15) is 4.39 Å². The number of hydrogen-bond donors (Lipinski definition) is 0. The summed E-state index contributed by atoms with van der Waals surface area (Å²) in [6, 6.07) is 0.00355. The number of nitrogens with zero attached hydrogens (tertiary/aromatic N) is 2. The van der Waals surface area contributed by atoms with E-state index >= 15 is 0 Å². The van der Waals surface area contributed by atoms with Gasteiger partial charge in [-0.25, -0.2) is 4.39 Å². The van der Waals surface area contributed by atoms with E-state index in [2.05, 4.69) is 0 Å². The summed E-state index contributed by atoms with van der Waals surface area (Å²) in [5.74, 6) is -3.95. The lowest BCUT2D eigenvalue weighted by Crippen LogP contribution is -2.06. The Kier molecular flexibility index (Phi) is 3.43. The Bertz CT molecular complexity index is 548. The van der Waals surface area contributed by atoms with Gasteiger partial charge in [-0.05, 0) is 17.1 Å². The number of nitro benzene ring substituents is 2. The van der Waals surface area contributed by atoms with Gasteiger partial charge in [0.05, 0.1) is 9.85 Å². The molecule has 0 amide bonds. The fourth-order valence-corrected chi connectivity index (χ4v) is 1.58. The molecule has 0 N–H and O–H groups in total. The second kappa shape index (κ2) is 4.47. The standard InChI is InChI=1S/C6H2F2N2O6S/c7-2-1-3(17(15)16)5(9(11)12)6(4(2)8)10(13)14/h1H,(H,15,16)/p-1. The molecule has 0 aliphatic rings. The molecule has 1 rings (SSSR count). The quantitative estimate of drug-likeness (QED) is 0.457. The van der Waals surface area contributed by atoms with Crippen molar-refractivity contribution < 1.29 is 27.4 Å². The van der Waals surface area contributed by atoms with Crippen molar-refractivity contribution >= 4 is 22.5 Å². The zero-order valence-corrected chi connectivity index (χ0v) is 8.40. The lowest BCUT2D eigenvalue weighted by atomic mass is 10.2. The molecule has 1 aromatic rings. The zero-order chi connectivity index (χ0) is 13.3. The van der Waals surface area contributed by atoms with Crippen LogP contribution in [0.15, 0.2) is 11.0 Å². The number of halogens is 2. The number of benzene rings is 1. The van der Waals surface area contributed by atoms with Crippen molar-refractivity contribution in [2.45, 2.75) is 4.90 Å². The maximum atomic E-state index is 13.0. The van der Waals surface area contributed by atoms with Gasteiger partial charge in [0, 0.05) is 0 Å². The Labute approximate surface area is 93.4 Å². The van der Waals surface area contributed by atoms with E-state index in [1.807, 2.05) is 0 Å². The minimum Gasteiger partial charge on any atom is -0.768 e. The lowest BCUT2D eigenvalue weighted by molar-refractivity contribution is -0.426. The van der Waals surface area contributed by atoms with E-state index in [1.54, 1.807) is 0 Å². The second-order valence-electron chi connectivity index (χ2n) is 2.62. The molecule has 0 radical (unpaired) electrons. The number of hydrogen-bond acceptors (Lipinski definition) is 6. The Hall–Kier alpha value is -2.01. The van der Waals surface area contributed by atoms with Gasteiger partial charge in [0.1, 0.15) is 4.90 Å². The average Bonchev–Trinajstić information content (AvgIpc) is 2.19. The number of nitro groups is 2. The van der Waals surface area contributed by atoms with Crippen LogP contribution in [-0.2, 0) is 11.1 Å². The van der Waals surface area contributed by atoms with Gasteiger partial charge >= 0.3 is 11.4 Å². The molecule has 92 valence electrons. The Morgan fingerprint density at radius 3 is 1.94 bits per heavy atom. The van der Waals surface area contributed by atoms with Gasteiger partial charge in [-0.3, -0.25) is 24.4 Å². The number of rotatable bonds is 3. The van der Waals surface area contributed by atoms with Crippen LogP contribution < -0.4 is 0 Å². The molecule has 8 nitrogen and oxygen atoms in total. The summed E-state index contributed by atoms with van der Waals surface area (Å²) in [4.78, 5) is 16.5. The van der Waals surface area contributed by atoms with Crippen molar-refractivity contribution in [1.29, 1.82) is 0 Å². The minimum absolute atomic E-state index is 0.00355. The molecule has 0 aromatic heterocycles. The van der Waals surface area contributed by atoms with Crippen LogP contribution in [-0.4, -0.2) is 18.6 Å². The van der Waals surface area contributed by atoms with Crippen LogP contribution in [0.1, 0.15) is 0 Å². The smallest absolute Gasteiger partial charge is 0.385 e. The highest BCUT2D eigenvalue weighted by Crippen LogP contribution is 2.36. The summed E-state index contributed by atoms with van der Waals surface area (Å²) in [7, 11) is 0. The summed E-state index contributed by atoms with van der Waals surface area (Å²) in [6.07, 6.45) is 0. The fraction of sp³-hybridized carbons (Fsp3) is 0. The average molecular weight is 267 g/mol. The van der Waals surface area contributed by atoms with E-state index in [9.17, 15) is 37.8 Å². The van der Waals surface area contributed by atoms with Crippen molar-refractivity contribution in [2.24, 2.45) is 0 Å². The highest BCUT2D eigenvalue weighted by Gasteiger charge is 2.36. The first kappa shape index (κ1) is 13.1. The highest BCUT2D eigenvalue weighted by atomic mass is 32.2. The molecule has 0 spiro atoms. The topological polar surface area (TPSA) is 126 Å². The third-order valence-electron chi connectivity index (χ3n) is 1.68. The molecule has 0 bridgehead atoms. The van der Waals surface area contributed by atoms with Crippen molar-refractivity contribution in [2.75, 3.05) is 0 Å². The SMILES string of the molecule is O=[N+]([O-])c1c(S(=O)[O-])cc(F)c(F)c1[N+](=O)[O-]. The predicted octanol–water partition coefficient (Wildman–Crippen LogP) is 1.02. The van der Waals surface area contributed by atoms with Crippen molar-refractivity contribution in [3.63, 3.8) is 0 Å². The maximum absolute atomic E-state index is 13.0. The summed E-state index contributed by atoms with van der Waals surface area (Å²) < 4.78 is 46.9. The highest BCUT2D eigenvalue weighted by molar-refractivity contribution is 7.79. The first-order valence-electron chi connectivity index (χ1n) is 3.67. The molecular weight excluding hydrogens is 266 g/mol. The van der Waals surface area contributed by atoms with E-state index in [1.165, 1.54) is 0 Å². The van der Waals surface area contributed by atoms with Gasteiger partial charge in [-0.1, -0.05) is 0 Å². The normalized spacial score (nSPS) is 12.2.